The van der Waals surface area contributed by atoms with E-state index in [1.807, 2.05) is 6.07 Å². The van der Waals surface area contributed by atoms with Gasteiger partial charge in [-0.1, -0.05) is 53.5 Å². The Morgan fingerprint density at radius 1 is 1.23 bits per heavy atom. The SMILES string of the molecule is COC(=O)C1c2cc(Cl)c(Cl)cc2N=C(C(F)F)N1Cc1ccccc1. The zero-order valence-electron chi connectivity index (χ0n) is 13.6. The number of amidine groups is 1. The quantitative estimate of drug-likeness (QED) is 0.679. The van der Waals surface area contributed by atoms with Crippen LogP contribution in [0.2, 0.25) is 10.0 Å². The molecule has 1 unspecified atom stereocenters. The van der Waals surface area contributed by atoms with Crippen LogP contribution in [0.4, 0.5) is 14.5 Å². The molecule has 0 saturated heterocycles. The van der Waals surface area contributed by atoms with Crippen molar-refractivity contribution in [3.05, 3.63) is 63.6 Å². The number of rotatable bonds is 4. The molecule has 1 heterocycles. The van der Waals surface area contributed by atoms with Gasteiger partial charge in [-0.15, -0.1) is 0 Å². The van der Waals surface area contributed by atoms with Crippen LogP contribution >= 0.6 is 23.2 Å². The van der Waals surface area contributed by atoms with E-state index in [2.05, 4.69) is 4.99 Å². The smallest absolute Gasteiger partial charge is 0.333 e. The Labute approximate surface area is 159 Å². The van der Waals surface area contributed by atoms with Gasteiger partial charge >= 0.3 is 5.97 Å². The summed E-state index contributed by atoms with van der Waals surface area (Å²) in [5, 5.41) is 0.373. The molecule has 0 amide bonds. The number of hydrogen-bond acceptors (Lipinski definition) is 4. The number of benzene rings is 2. The molecule has 2 aromatic carbocycles. The number of carbonyl (C=O) groups is 1. The number of aliphatic imine (C=N–C) groups is 1. The molecule has 0 bridgehead atoms. The van der Waals surface area contributed by atoms with Crippen molar-refractivity contribution < 1.29 is 18.3 Å². The first-order valence-electron chi connectivity index (χ1n) is 7.66. The van der Waals surface area contributed by atoms with Gasteiger partial charge in [0.15, 0.2) is 11.9 Å². The number of methoxy groups -OCH3 is 1. The second kappa shape index (κ2) is 7.60. The van der Waals surface area contributed by atoms with Gasteiger partial charge in [-0.3, -0.25) is 0 Å². The van der Waals surface area contributed by atoms with Crippen LogP contribution in [-0.2, 0) is 16.1 Å². The lowest BCUT2D eigenvalue weighted by Crippen LogP contribution is -2.44. The molecule has 2 aromatic rings. The number of alkyl halides is 2. The van der Waals surface area contributed by atoms with Gasteiger partial charge in [-0.25, -0.2) is 18.6 Å². The van der Waals surface area contributed by atoms with E-state index in [1.165, 1.54) is 24.1 Å². The first-order valence-corrected chi connectivity index (χ1v) is 8.42. The van der Waals surface area contributed by atoms with Gasteiger partial charge in [0.2, 0.25) is 0 Å². The Balaban J connectivity index is 2.16. The van der Waals surface area contributed by atoms with Gasteiger partial charge in [0.1, 0.15) is 0 Å². The molecule has 3 rings (SSSR count). The Morgan fingerprint density at radius 2 is 1.88 bits per heavy atom. The maximum Gasteiger partial charge on any atom is 0.333 e. The fourth-order valence-corrected chi connectivity index (χ4v) is 3.18. The van der Waals surface area contributed by atoms with Crippen molar-refractivity contribution in [2.75, 3.05) is 7.11 Å². The second-order valence-electron chi connectivity index (χ2n) is 5.64. The first-order chi connectivity index (χ1) is 12.4. The van der Waals surface area contributed by atoms with Crippen LogP contribution in [0.3, 0.4) is 0 Å². The van der Waals surface area contributed by atoms with Crippen LogP contribution in [0, 0.1) is 0 Å². The van der Waals surface area contributed by atoms with Gasteiger partial charge in [-0.05, 0) is 17.7 Å². The minimum atomic E-state index is -2.88. The Bertz CT molecular complexity index is 860. The van der Waals surface area contributed by atoms with Crippen LogP contribution in [-0.4, -0.2) is 30.2 Å². The van der Waals surface area contributed by atoms with E-state index in [4.69, 9.17) is 27.9 Å². The van der Waals surface area contributed by atoms with Crippen LogP contribution in [0.25, 0.3) is 0 Å². The molecule has 1 atom stereocenters. The predicted molar refractivity (Wildman–Crippen MR) is 96.3 cm³/mol. The third-order valence-corrected chi connectivity index (χ3v) is 4.74. The van der Waals surface area contributed by atoms with Crippen LogP contribution in [0.1, 0.15) is 17.2 Å². The molecular weight excluding hydrogens is 385 g/mol. The summed E-state index contributed by atoms with van der Waals surface area (Å²) in [6.45, 7) is 0.0590. The maximum atomic E-state index is 13.7. The highest BCUT2D eigenvalue weighted by atomic mass is 35.5. The van der Waals surface area contributed by atoms with E-state index in [-0.39, 0.29) is 22.3 Å². The predicted octanol–water partition coefficient (Wildman–Crippen LogP) is 5.02. The number of esters is 1. The van der Waals surface area contributed by atoms with Crippen molar-refractivity contribution in [2.45, 2.75) is 19.0 Å². The zero-order valence-corrected chi connectivity index (χ0v) is 15.1. The summed E-state index contributed by atoms with van der Waals surface area (Å²) in [5.74, 6) is -1.20. The minimum absolute atomic E-state index is 0.0590. The fraction of sp³-hybridized carbons (Fsp3) is 0.222. The van der Waals surface area contributed by atoms with Crippen LogP contribution in [0.15, 0.2) is 47.5 Å². The topological polar surface area (TPSA) is 41.9 Å². The van der Waals surface area contributed by atoms with E-state index < -0.39 is 24.3 Å². The molecule has 4 nitrogen and oxygen atoms in total. The fourth-order valence-electron chi connectivity index (χ4n) is 2.85. The van der Waals surface area contributed by atoms with Gasteiger partial charge in [-0.2, -0.15) is 0 Å². The number of hydrogen-bond donors (Lipinski definition) is 0. The van der Waals surface area contributed by atoms with E-state index in [0.29, 0.717) is 5.56 Å². The highest BCUT2D eigenvalue weighted by Gasteiger charge is 2.39. The number of halogens is 4. The Morgan fingerprint density at radius 3 is 2.50 bits per heavy atom. The molecule has 1 aliphatic heterocycles. The summed E-state index contributed by atoms with van der Waals surface area (Å²) in [5.41, 5.74) is 1.29. The molecule has 136 valence electrons. The molecule has 0 aromatic heterocycles. The number of carbonyl (C=O) groups excluding carboxylic acids is 1. The van der Waals surface area contributed by atoms with Gasteiger partial charge in [0, 0.05) is 12.1 Å². The Hall–Kier alpha value is -2.18. The normalized spacial score (nSPS) is 16.3. The third kappa shape index (κ3) is 3.52. The summed E-state index contributed by atoms with van der Waals surface area (Å²) in [4.78, 5) is 17.7. The lowest BCUT2D eigenvalue weighted by atomic mass is 9.99. The van der Waals surface area contributed by atoms with E-state index in [1.54, 1.807) is 24.3 Å². The molecule has 0 saturated carbocycles. The summed E-state index contributed by atoms with van der Waals surface area (Å²) in [6.07, 6.45) is -2.88. The van der Waals surface area contributed by atoms with E-state index in [0.717, 1.165) is 5.56 Å². The van der Waals surface area contributed by atoms with Crippen molar-refractivity contribution in [3.63, 3.8) is 0 Å². The highest BCUT2D eigenvalue weighted by molar-refractivity contribution is 6.42. The zero-order chi connectivity index (χ0) is 18.8. The molecular formula is C18H14Cl2F2N2O2. The van der Waals surface area contributed by atoms with Crippen molar-refractivity contribution in [2.24, 2.45) is 4.99 Å². The monoisotopic (exact) mass is 398 g/mol. The molecule has 0 fully saturated rings. The minimum Gasteiger partial charge on any atom is -0.467 e. The Kier molecular flexibility index (Phi) is 5.44. The standard InChI is InChI=1S/C18H14Cl2F2N2O2/c1-26-18(25)15-11-7-12(19)13(20)8-14(11)23-17(16(21)22)24(15)9-10-5-3-2-4-6-10/h2-8,15-16H,9H2,1H3. The average Bonchev–Trinajstić information content (AvgIpc) is 2.62. The largest absolute Gasteiger partial charge is 0.467 e. The van der Waals surface area contributed by atoms with Crippen LogP contribution < -0.4 is 0 Å². The van der Waals surface area contributed by atoms with E-state index in [9.17, 15) is 13.6 Å². The van der Waals surface area contributed by atoms with Crippen molar-refractivity contribution in [1.82, 2.24) is 4.90 Å². The third-order valence-electron chi connectivity index (χ3n) is 4.02. The van der Waals surface area contributed by atoms with Gasteiger partial charge in [0.25, 0.3) is 6.43 Å². The van der Waals surface area contributed by atoms with Crippen molar-refractivity contribution in [3.8, 4) is 0 Å². The lowest BCUT2D eigenvalue weighted by Gasteiger charge is -2.36. The summed E-state index contributed by atoms with van der Waals surface area (Å²) in [7, 11) is 1.20. The summed E-state index contributed by atoms with van der Waals surface area (Å²) < 4.78 is 32.3. The summed E-state index contributed by atoms with van der Waals surface area (Å²) in [6, 6.07) is 10.7. The van der Waals surface area contributed by atoms with Crippen LogP contribution in [0.5, 0.6) is 0 Å². The average molecular weight is 399 g/mol. The maximum absolute atomic E-state index is 13.7. The second-order valence-corrected chi connectivity index (χ2v) is 6.45. The molecule has 26 heavy (non-hydrogen) atoms. The summed E-state index contributed by atoms with van der Waals surface area (Å²) >= 11 is 12.0. The number of nitrogens with zero attached hydrogens (tertiary/aromatic N) is 2. The van der Waals surface area contributed by atoms with Crippen molar-refractivity contribution >= 4 is 40.7 Å². The van der Waals surface area contributed by atoms with E-state index >= 15 is 0 Å². The molecule has 0 radical (unpaired) electrons. The lowest BCUT2D eigenvalue weighted by molar-refractivity contribution is -0.146. The van der Waals surface area contributed by atoms with Crippen molar-refractivity contribution in [1.29, 1.82) is 0 Å². The first kappa shape index (κ1) is 18.6. The molecule has 0 aliphatic carbocycles. The molecule has 0 spiro atoms. The number of fused-ring (bicyclic) bond motifs is 1. The number of ether oxygens (including phenoxy) is 1. The highest BCUT2D eigenvalue weighted by Crippen LogP contribution is 2.41. The van der Waals surface area contributed by atoms with Gasteiger partial charge in [0.05, 0.1) is 22.8 Å². The molecule has 0 N–H and O–H groups in total. The molecule has 1 aliphatic rings. The van der Waals surface area contributed by atoms with Gasteiger partial charge < -0.3 is 9.64 Å². The molecule has 8 heteroatoms.